The Hall–Kier alpha value is -4.63. The molecule has 2 heterocycles. The summed E-state index contributed by atoms with van der Waals surface area (Å²) < 4.78 is 22.7. The largest absolute Gasteiger partial charge is 0.497 e. The number of nitrogens with zero attached hydrogens (tertiary/aromatic N) is 2. The number of aromatic nitrogens is 2. The molecule has 192 valence electrons. The number of esters is 2. The van der Waals surface area contributed by atoms with Crippen molar-refractivity contribution in [2.45, 2.75) is 20.0 Å². The molecule has 0 aliphatic carbocycles. The molecule has 0 fully saturated rings. The van der Waals surface area contributed by atoms with E-state index in [2.05, 4.69) is 5.10 Å². The van der Waals surface area contributed by atoms with Crippen LogP contribution in [0.25, 0.3) is 27.9 Å². The highest BCUT2D eigenvalue weighted by molar-refractivity contribution is 6.30. The molecule has 0 saturated heterocycles. The second kappa shape index (κ2) is 10.4. The summed E-state index contributed by atoms with van der Waals surface area (Å²) in [6, 6.07) is 18.4. The molecule has 2 aliphatic rings. The zero-order chi connectivity index (χ0) is 26.8. The lowest BCUT2D eigenvalue weighted by molar-refractivity contribution is -0.151. The Kier molecular flexibility index (Phi) is 6.85. The van der Waals surface area contributed by atoms with Gasteiger partial charge in [0.15, 0.2) is 0 Å². The molecule has 3 aromatic rings. The van der Waals surface area contributed by atoms with Crippen LogP contribution in [-0.2, 0) is 20.9 Å². The highest BCUT2D eigenvalue weighted by atomic mass is 35.5. The fourth-order valence-corrected chi connectivity index (χ4v) is 4.08. The Morgan fingerprint density at radius 3 is 2.39 bits per heavy atom. The Labute approximate surface area is 221 Å². The molecular weight excluding hydrogens is 512 g/mol. The first kappa shape index (κ1) is 25.0. The van der Waals surface area contributed by atoms with Gasteiger partial charge in [0.1, 0.15) is 47.1 Å². The third-order valence-corrected chi connectivity index (χ3v) is 6.07. The zero-order valence-corrected chi connectivity index (χ0v) is 21.2. The van der Waals surface area contributed by atoms with Crippen molar-refractivity contribution < 1.29 is 28.2 Å². The van der Waals surface area contributed by atoms with Gasteiger partial charge < -0.3 is 18.6 Å². The molecule has 2 aliphatic heterocycles. The van der Waals surface area contributed by atoms with E-state index >= 15 is 0 Å². The fraction of sp³-hybridized carbons (Fsp3) is 0.143. The molecule has 0 amide bonds. The van der Waals surface area contributed by atoms with Gasteiger partial charge in [-0.2, -0.15) is 9.78 Å². The standard InChI is InChI=1S/C28H21ClN2O7/c1-16-26-27(30-31(28(26)34)19-7-5-18(29)6-8-19)22-13-21(11-12-23(22)37-16)38-25(33)14-24(32)36-15-17-3-9-20(35-2)10-4-17/h3-13H,14-15H2,1-2H3. The van der Waals surface area contributed by atoms with E-state index in [0.717, 1.165) is 5.56 Å². The van der Waals surface area contributed by atoms with E-state index in [0.29, 0.717) is 44.4 Å². The van der Waals surface area contributed by atoms with Crippen molar-refractivity contribution in [1.29, 1.82) is 0 Å². The molecule has 3 aromatic carbocycles. The molecule has 10 heteroatoms. The van der Waals surface area contributed by atoms with Crippen LogP contribution in [0.4, 0.5) is 0 Å². The molecule has 0 aromatic heterocycles. The number of hydrogen-bond acceptors (Lipinski definition) is 8. The highest BCUT2D eigenvalue weighted by Gasteiger charge is 2.24. The normalized spacial score (nSPS) is 11.0. The summed E-state index contributed by atoms with van der Waals surface area (Å²) in [4.78, 5) is 37.7. The van der Waals surface area contributed by atoms with E-state index in [9.17, 15) is 14.4 Å². The maximum atomic E-state index is 13.1. The average molecular weight is 533 g/mol. The smallest absolute Gasteiger partial charge is 0.322 e. The maximum Gasteiger partial charge on any atom is 0.322 e. The number of carbonyl (C=O) groups is 2. The molecule has 9 nitrogen and oxygen atoms in total. The van der Waals surface area contributed by atoms with E-state index < -0.39 is 18.4 Å². The van der Waals surface area contributed by atoms with E-state index in [1.165, 1.54) is 10.7 Å². The second-order valence-electron chi connectivity index (χ2n) is 8.39. The molecule has 38 heavy (non-hydrogen) atoms. The van der Waals surface area contributed by atoms with Gasteiger partial charge in [-0.1, -0.05) is 23.7 Å². The summed E-state index contributed by atoms with van der Waals surface area (Å²) in [5, 5.41) is 5.52. The van der Waals surface area contributed by atoms with Crippen LogP contribution in [0.15, 0.2) is 75.9 Å². The first-order chi connectivity index (χ1) is 18.3. The van der Waals surface area contributed by atoms with Crippen LogP contribution in [0.1, 0.15) is 17.7 Å². The van der Waals surface area contributed by atoms with E-state index in [1.807, 2.05) is 0 Å². The van der Waals surface area contributed by atoms with Crippen molar-refractivity contribution in [3.05, 3.63) is 93.4 Å². The second-order valence-corrected chi connectivity index (χ2v) is 8.83. The summed E-state index contributed by atoms with van der Waals surface area (Å²) in [7, 11) is 1.56. The number of rotatable bonds is 7. The predicted octanol–water partition coefficient (Wildman–Crippen LogP) is 5.09. The Balaban J connectivity index is 1.34. The number of aryl methyl sites for hydroxylation is 1. The molecule has 0 N–H and O–H groups in total. The molecule has 5 rings (SSSR count). The number of carbonyl (C=O) groups excluding carboxylic acids is 2. The summed E-state index contributed by atoms with van der Waals surface area (Å²) in [6.07, 6.45) is -0.572. The topological polar surface area (TPSA) is 110 Å². The Bertz CT molecular complexity index is 1670. The minimum absolute atomic E-state index is 0.0126. The summed E-state index contributed by atoms with van der Waals surface area (Å²) in [5.74, 6) is -0.262. The molecule has 0 saturated carbocycles. The first-order valence-electron chi connectivity index (χ1n) is 11.5. The number of halogens is 1. The van der Waals surface area contributed by atoms with Crippen molar-refractivity contribution in [1.82, 2.24) is 9.78 Å². The van der Waals surface area contributed by atoms with Gasteiger partial charge >= 0.3 is 11.9 Å². The van der Waals surface area contributed by atoms with Gasteiger partial charge in [0.25, 0.3) is 5.56 Å². The zero-order valence-electron chi connectivity index (χ0n) is 20.4. The van der Waals surface area contributed by atoms with Gasteiger partial charge in [-0.3, -0.25) is 14.4 Å². The lowest BCUT2D eigenvalue weighted by Crippen LogP contribution is -2.16. The van der Waals surface area contributed by atoms with Gasteiger partial charge in [0.05, 0.1) is 12.8 Å². The lowest BCUT2D eigenvalue weighted by atomic mass is 10.1. The van der Waals surface area contributed by atoms with Crippen LogP contribution in [0, 0.1) is 6.92 Å². The molecule has 0 bridgehead atoms. The SMILES string of the molecule is COc1ccc(COC(=O)CC(=O)Oc2ccc3oc(C)c4c(=O)n(-c5ccc(Cl)cc5)nc-4c3c2)cc1. The van der Waals surface area contributed by atoms with Crippen molar-refractivity contribution >= 4 is 34.5 Å². The molecule has 0 radical (unpaired) electrons. The quantitative estimate of drug-likeness (QED) is 0.162. The lowest BCUT2D eigenvalue weighted by Gasteiger charge is -2.09. The number of benzene rings is 3. The van der Waals surface area contributed by atoms with Gasteiger partial charge in [-0.15, -0.1) is 0 Å². The summed E-state index contributed by atoms with van der Waals surface area (Å²) in [5.41, 5.74) is 2.08. The third kappa shape index (κ3) is 5.09. The van der Waals surface area contributed by atoms with Crippen LogP contribution in [0.5, 0.6) is 11.5 Å². The minimum Gasteiger partial charge on any atom is -0.497 e. The van der Waals surface area contributed by atoms with Gasteiger partial charge in [0, 0.05) is 10.4 Å². The van der Waals surface area contributed by atoms with E-state index in [4.69, 9.17) is 30.2 Å². The van der Waals surface area contributed by atoms with Gasteiger partial charge in [-0.05, 0) is 67.1 Å². The Morgan fingerprint density at radius 2 is 1.68 bits per heavy atom. The number of hydrogen-bond donors (Lipinski definition) is 0. The van der Waals surface area contributed by atoms with E-state index in [1.54, 1.807) is 74.7 Å². The third-order valence-electron chi connectivity index (χ3n) is 5.81. The number of ether oxygens (including phenoxy) is 3. The molecular formula is C28H21ClN2O7. The van der Waals surface area contributed by atoms with Crippen molar-refractivity contribution in [3.8, 4) is 28.4 Å². The van der Waals surface area contributed by atoms with Crippen LogP contribution >= 0.6 is 11.6 Å². The van der Waals surface area contributed by atoms with Crippen LogP contribution in [-0.4, -0.2) is 28.8 Å². The van der Waals surface area contributed by atoms with Crippen molar-refractivity contribution in [2.75, 3.05) is 7.11 Å². The van der Waals surface area contributed by atoms with Crippen LogP contribution in [0.2, 0.25) is 5.02 Å². The monoisotopic (exact) mass is 532 g/mol. The molecule has 0 unspecified atom stereocenters. The maximum absolute atomic E-state index is 13.1. The van der Waals surface area contributed by atoms with Crippen LogP contribution < -0.4 is 15.0 Å². The fourth-order valence-electron chi connectivity index (χ4n) is 3.95. The van der Waals surface area contributed by atoms with Gasteiger partial charge in [0.2, 0.25) is 0 Å². The van der Waals surface area contributed by atoms with Crippen molar-refractivity contribution in [2.24, 2.45) is 0 Å². The van der Waals surface area contributed by atoms with E-state index in [-0.39, 0.29) is 17.9 Å². The van der Waals surface area contributed by atoms with Crippen molar-refractivity contribution in [3.63, 3.8) is 0 Å². The Morgan fingerprint density at radius 1 is 0.974 bits per heavy atom. The highest BCUT2D eigenvalue weighted by Crippen LogP contribution is 2.33. The number of methoxy groups -OCH3 is 1. The first-order valence-corrected chi connectivity index (χ1v) is 11.9. The molecule has 0 atom stereocenters. The summed E-state index contributed by atoms with van der Waals surface area (Å²) in [6.45, 7) is 1.70. The van der Waals surface area contributed by atoms with Gasteiger partial charge in [-0.25, -0.2) is 0 Å². The average Bonchev–Trinajstić information content (AvgIpc) is 3.26. The molecule has 0 spiro atoms. The van der Waals surface area contributed by atoms with Crippen LogP contribution in [0.3, 0.4) is 0 Å². The minimum atomic E-state index is -0.791. The summed E-state index contributed by atoms with van der Waals surface area (Å²) >= 11 is 5.97. The predicted molar refractivity (Wildman–Crippen MR) is 139 cm³/mol. The number of fused-ring (bicyclic) bond motifs is 3.